The van der Waals surface area contributed by atoms with Crippen LogP contribution in [0.5, 0.6) is 0 Å². The molecule has 10 heteroatoms. The number of ether oxygens (including phenoxy) is 1. The molecule has 3 atom stereocenters. The number of benzene rings is 2. The van der Waals surface area contributed by atoms with Gasteiger partial charge in [-0.25, -0.2) is 0 Å². The Bertz CT molecular complexity index is 1270. The second-order valence-electron chi connectivity index (χ2n) is 12.4. The molecule has 5 nitrogen and oxygen atoms in total. The molecule has 1 fully saturated rings. The molecule has 1 saturated heterocycles. The maximum Gasteiger partial charge on any atom is 0.534 e. The van der Waals surface area contributed by atoms with Crippen molar-refractivity contribution in [1.29, 1.82) is 0 Å². The van der Waals surface area contributed by atoms with Crippen LogP contribution in [0.3, 0.4) is 0 Å². The van der Waals surface area contributed by atoms with Crippen LogP contribution in [0.1, 0.15) is 66.7 Å². The van der Waals surface area contributed by atoms with Gasteiger partial charge in [0, 0.05) is 12.0 Å². The summed E-state index contributed by atoms with van der Waals surface area (Å²) >= 11 is 0. The van der Waals surface area contributed by atoms with Gasteiger partial charge in [0.05, 0.1) is 11.7 Å². The Kier molecular flexibility index (Phi) is 8.41. The van der Waals surface area contributed by atoms with E-state index in [1.807, 2.05) is 19.1 Å². The quantitative estimate of drug-likeness (QED) is 0.0982. The largest absolute Gasteiger partial charge is 0.534 e. The number of hydrogen-bond donors (Lipinski definition) is 0. The van der Waals surface area contributed by atoms with E-state index in [9.17, 15) is 21.6 Å². The molecular weight excluding hydrogens is 557 g/mol. The lowest BCUT2D eigenvalue weighted by molar-refractivity contribution is -0.0532. The van der Waals surface area contributed by atoms with E-state index in [-0.39, 0.29) is 16.9 Å². The molecule has 0 N–H and O–H groups in total. The minimum Gasteiger partial charge on any atom is -0.407 e. The first-order valence-corrected chi connectivity index (χ1v) is 17.0. The number of allylic oxidation sites excluding steroid dienone is 2. The van der Waals surface area contributed by atoms with Gasteiger partial charge in [0.25, 0.3) is 8.32 Å². The van der Waals surface area contributed by atoms with Gasteiger partial charge in [-0.05, 0) is 60.5 Å². The van der Waals surface area contributed by atoms with E-state index in [0.717, 1.165) is 6.42 Å². The first kappa shape index (κ1) is 30.8. The molecule has 4 rings (SSSR count). The van der Waals surface area contributed by atoms with Crippen LogP contribution in [0.25, 0.3) is 0 Å². The molecule has 0 saturated carbocycles. The SMILES string of the molecule is CC1(CCCO[Si](c2ccccc2)(c2ccccc2)C(C)(C)C)OC1C[C@@]1(C)CCC=C1OS(=O)(=O)C(F)(F)F. The zero-order valence-electron chi connectivity index (χ0n) is 23.8. The van der Waals surface area contributed by atoms with Gasteiger partial charge in [-0.15, -0.1) is 0 Å². The Morgan fingerprint density at radius 3 is 2.02 bits per heavy atom. The minimum absolute atomic E-state index is 0.130. The summed E-state index contributed by atoms with van der Waals surface area (Å²) in [5.74, 6) is -0.141. The Hall–Kier alpha value is -2.14. The molecule has 2 unspecified atom stereocenters. The molecule has 40 heavy (non-hydrogen) atoms. The summed E-state index contributed by atoms with van der Waals surface area (Å²) < 4.78 is 79.6. The van der Waals surface area contributed by atoms with Gasteiger partial charge >= 0.3 is 15.6 Å². The van der Waals surface area contributed by atoms with Crippen molar-refractivity contribution in [2.24, 2.45) is 5.41 Å². The first-order valence-electron chi connectivity index (χ1n) is 13.7. The molecule has 2 aromatic carbocycles. The van der Waals surface area contributed by atoms with Crippen molar-refractivity contribution in [2.75, 3.05) is 6.61 Å². The average Bonchev–Trinajstić information content (AvgIpc) is 3.36. The Labute approximate surface area is 237 Å². The summed E-state index contributed by atoms with van der Waals surface area (Å²) in [7, 11) is -8.35. The molecule has 2 aliphatic rings. The molecular formula is C30H39F3O5SSi. The predicted octanol–water partition coefficient (Wildman–Crippen LogP) is 6.44. The summed E-state index contributed by atoms with van der Waals surface area (Å²) in [6.45, 7) is 11.0. The molecule has 0 radical (unpaired) electrons. The van der Waals surface area contributed by atoms with E-state index in [0.29, 0.717) is 32.3 Å². The summed E-state index contributed by atoms with van der Waals surface area (Å²) in [6.07, 6.45) is 4.04. The highest BCUT2D eigenvalue weighted by molar-refractivity contribution is 7.87. The molecule has 0 spiro atoms. The third kappa shape index (κ3) is 6.05. The van der Waals surface area contributed by atoms with Gasteiger partial charge in [0.2, 0.25) is 0 Å². The van der Waals surface area contributed by atoms with Crippen molar-refractivity contribution in [3.63, 3.8) is 0 Å². The first-order chi connectivity index (χ1) is 18.5. The van der Waals surface area contributed by atoms with Crippen LogP contribution >= 0.6 is 0 Å². The van der Waals surface area contributed by atoms with Crippen LogP contribution < -0.4 is 10.4 Å². The second kappa shape index (κ2) is 10.9. The topological polar surface area (TPSA) is 65.1 Å². The summed E-state index contributed by atoms with van der Waals surface area (Å²) in [5.41, 5.74) is -6.76. The van der Waals surface area contributed by atoms with Crippen LogP contribution in [-0.2, 0) is 23.5 Å². The van der Waals surface area contributed by atoms with Crippen molar-refractivity contribution in [2.45, 2.75) is 89.0 Å². The van der Waals surface area contributed by atoms with Crippen LogP contribution in [0.4, 0.5) is 13.2 Å². The summed E-state index contributed by atoms with van der Waals surface area (Å²) in [4.78, 5) is 0. The number of hydrogen-bond acceptors (Lipinski definition) is 5. The van der Waals surface area contributed by atoms with Gasteiger partial charge in [0.15, 0.2) is 0 Å². The molecule has 1 aliphatic carbocycles. The van der Waals surface area contributed by atoms with Gasteiger partial charge in [-0.2, -0.15) is 21.6 Å². The lowest BCUT2D eigenvalue weighted by Crippen LogP contribution is -2.66. The lowest BCUT2D eigenvalue weighted by Gasteiger charge is -2.43. The van der Waals surface area contributed by atoms with E-state index >= 15 is 0 Å². The Morgan fingerprint density at radius 2 is 1.52 bits per heavy atom. The molecule has 0 aromatic heterocycles. The number of halogens is 3. The molecule has 220 valence electrons. The Balaban J connectivity index is 1.41. The van der Waals surface area contributed by atoms with Crippen molar-refractivity contribution >= 4 is 28.8 Å². The maximum absolute atomic E-state index is 12.9. The van der Waals surface area contributed by atoms with Crippen LogP contribution in [0.2, 0.25) is 5.04 Å². The van der Waals surface area contributed by atoms with Crippen molar-refractivity contribution in [1.82, 2.24) is 0 Å². The van der Waals surface area contributed by atoms with Crippen molar-refractivity contribution in [3.8, 4) is 0 Å². The van der Waals surface area contributed by atoms with Gasteiger partial charge in [-0.3, -0.25) is 0 Å². The van der Waals surface area contributed by atoms with Gasteiger partial charge in [-0.1, -0.05) is 88.4 Å². The van der Waals surface area contributed by atoms with Gasteiger partial charge in [0.1, 0.15) is 5.76 Å². The average molecular weight is 597 g/mol. The maximum atomic E-state index is 12.9. The zero-order chi connectivity index (χ0) is 29.5. The highest BCUT2D eigenvalue weighted by Gasteiger charge is 2.57. The van der Waals surface area contributed by atoms with E-state index in [4.69, 9.17) is 9.16 Å². The van der Waals surface area contributed by atoms with Crippen LogP contribution in [0.15, 0.2) is 72.5 Å². The van der Waals surface area contributed by atoms with Crippen LogP contribution in [-0.4, -0.2) is 40.6 Å². The van der Waals surface area contributed by atoms with Gasteiger partial charge < -0.3 is 13.3 Å². The molecule has 1 aliphatic heterocycles. The summed E-state index contributed by atoms with van der Waals surface area (Å²) in [5, 5.41) is 2.29. The second-order valence-corrected chi connectivity index (χ2v) is 18.2. The van der Waals surface area contributed by atoms with Crippen molar-refractivity contribution < 1.29 is 34.9 Å². The van der Waals surface area contributed by atoms with Crippen molar-refractivity contribution in [3.05, 3.63) is 72.5 Å². The van der Waals surface area contributed by atoms with E-state index in [2.05, 4.69) is 73.5 Å². The molecule has 0 amide bonds. The Morgan fingerprint density at radius 1 is 0.975 bits per heavy atom. The number of epoxide rings is 1. The number of alkyl halides is 3. The fraction of sp³-hybridized carbons (Fsp3) is 0.533. The minimum atomic E-state index is -5.71. The van der Waals surface area contributed by atoms with E-state index in [1.165, 1.54) is 16.4 Å². The highest BCUT2D eigenvalue weighted by Crippen LogP contribution is 2.52. The smallest absolute Gasteiger partial charge is 0.407 e. The monoisotopic (exact) mass is 596 g/mol. The molecule has 1 heterocycles. The summed E-state index contributed by atoms with van der Waals surface area (Å²) in [6, 6.07) is 20.8. The number of rotatable bonds is 11. The zero-order valence-corrected chi connectivity index (χ0v) is 25.6. The lowest BCUT2D eigenvalue weighted by atomic mass is 9.81. The fourth-order valence-electron chi connectivity index (χ4n) is 5.98. The van der Waals surface area contributed by atoms with E-state index < -0.39 is 35.0 Å². The highest BCUT2D eigenvalue weighted by atomic mass is 32.2. The standard InChI is InChI=1S/C30H39F3O5SSi/c1-27(2,3)40(23-14-8-6-9-15-23,24-16-10-7-11-17-24)36-21-13-20-29(5)26(37-29)22-28(4)19-12-18-25(28)38-39(34,35)30(31,32)33/h6-11,14-18,26H,12-13,19-22H2,1-5H3/t26?,28-,29?/m1/s1. The van der Waals surface area contributed by atoms with E-state index in [1.54, 1.807) is 6.92 Å². The van der Waals surface area contributed by atoms with Crippen LogP contribution in [0, 0.1) is 5.41 Å². The fourth-order valence-corrected chi connectivity index (χ4v) is 11.2. The third-order valence-electron chi connectivity index (χ3n) is 8.33. The third-order valence-corrected chi connectivity index (χ3v) is 14.3. The normalized spacial score (nSPS) is 25.5. The molecule has 0 bridgehead atoms. The molecule has 2 aromatic rings. The predicted molar refractivity (Wildman–Crippen MR) is 152 cm³/mol.